The second-order valence-corrected chi connectivity index (χ2v) is 7.24. The van der Waals surface area contributed by atoms with Gasteiger partial charge in [0.25, 0.3) is 0 Å². The van der Waals surface area contributed by atoms with E-state index in [0.717, 1.165) is 43.7 Å². The molecule has 138 valence electrons. The highest BCUT2D eigenvalue weighted by Gasteiger charge is 2.26. The molecule has 0 radical (unpaired) electrons. The van der Waals surface area contributed by atoms with Gasteiger partial charge in [-0.25, -0.2) is 0 Å². The maximum absolute atomic E-state index is 4.50. The molecule has 0 saturated carbocycles. The molecule has 0 aliphatic carbocycles. The summed E-state index contributed by atoms with van der Waals surface area (Å²) in [7, 11) is 1.86. The van der Waals surface area contributed by atoms with Crippen LogP contribution >= 0.6 is 0 Å². The molecule has 0 spiro atoms. The summed E-state index contributed by atoms with van der Waals surface area (Å²) in [5.74, 6) is 3.72. The number of benzene rings is 1. The maximum atomic E-state index is 4.50. The lowest BCUT2D eigenvalue weighted by atomic mass is 9.99. The summed E-state index contributed by atoms with van der Waals surface area (Å²) in [4.78, 5) is 6.86. The Bertz CT molecular complexity index is 751. The standard InChI is InChI=1S/C20H28N6/c1-21-20(25-13-11-17(15-25)16-8-4-2-5-9-16)22-14-19-24-23-18-10-6-3-7-12-26(18)19/h2,4-5,8-9,17H,3,6-7,10-15H2,1H3,(H,21,22). The van der Waals surface area contributed by atoms with Gasteiger partial charge in [0.15, 0.2) is 11.8 Å². The van der Waals surface area contributed by atoms with E-state index in [1.54, 1.807) is 0 Å². The number of aromatic nitrogens is 3. The number of hydrogen-bond acceptors (Lipinski definition) is 3. The number of aliphatic imine (C=N–C) groups is 1. The molecular weight excluding hydrogens is 324 g/mol. The number of aryl methyl sites for hydroxylation is 1. The molecule has 2 aliphatic heterocycles. The number of fused-ring (bicyclic) bond motifs is 1. The van der Waals surface area contributed by atoms with Gasteiger partial charge in [-0.1, -0.05) is 36.8 Å². The van der Waals surface area contributed by atoms with E-state index in [0.29, 0.717) is 12.5 Å². The van der Waals surface area contributed by atoms with Crippen molar-refractivity contribution in [3.8, 4) is 0 Å². The Morgan fingerprint density at radius 3 is 2.88 bits per heavy atom. The predicted octanol–water partition coefficient (Wildman–Crippen LogP) is 2.57. The first kappa shape index (κ1) is 17.1. The topological polar surface area (TPSA) is 58.3 Å². The number of nitrogens with zero attached hydrogens (tertiary/aromatic N) is 5. The van der Waals surface area contributed by atoms with Crippen molar-refractivity contribution < 1.29 is 0 Å². The van der Waals surface area contributed by atoms with E-state index >= 15 is 0 Å². The summed E-state index contributed by atoms with van der Waals surface area (Å²) in [6.45, 7) is 3.78. The van der Waals surface area contributed by atoms with E-state index in [1.807, 2.05) is 7.05 Å². The molecule has 26 heavy (non-hydrogen) atoms. The van der Waals surface area contributed by atoms with Crippen LogP contribution in [0.3, 0.4) is 0 Å². The van der Waals surface area contributed by atoms with Gasteiger partial charge in [0.2, 0.25) is 0 Å². The average molecular weight is 352 g/mol. The van der Waals surface area contributed by atoms with E-state index in [9.17, 15) is 0 Å². The molecule has 1 fully saturated rings. The predicted molar refractivity (Wildman–Crippen MR) is 103 cm³/mol. The lowest BCUT2D eigenvalue weighted by Crippen LogP contribution is -2.40. The van der Waals surface area contributed by atoms with Gasteiger partial charge in [-0.3, -0.25) is 4.99 Å². The minimum Gasteiger partial charge on any atom is -0.349 e. The van der Waals surface area contributed by atoms with Crippen LogP contribution in [-0.2, 0) is 19.5 Å². The Kier molecular flexibility index (Phi) is 5.18. The Morgan fingerprint density at radius 1 is 1.15 bits per heavy atom. The highest BCUT2D eigenvalue weighted by atomic mass is 15.3. The molecule has 1 aromatic carbocycles. The maximum Gasteiger partial charge on any atom is 0.194 e. The lowest BCUT2D eigenvalue weighted by Gasteiger charge is -2.21. The molecular formula is C20H28N6. The van der Waals surface area contributed by atoms with Crippen LogP contribution in [0.5, 0.6) is 0 Å². The van der Waals surface area contributed by atoms with Crippen LogP contribution in [0.4, 0.5) is 0 Å². The molecule has 1 atom stereocenters. The van der Waals surface area contributed by atoms with Crippen LogP contribution in [-0.4, -0.2) is 45.8 Å². The van der Waals surface area contributed by atoms with Gasteiger partial charge in [-0.15, -0.1) is 10.2 Å². The Labute approximate surface area is 155 Å². The van der Waals surface area contributed by atoms with E-state index in [1.165, 1.54) is 31.2 Å². The smallest absolute Gasteiger partial charge is 0.194 e. The van der Waals surface area contributed by atoms with Crippen LogP contribution in [0.25, 0.3) is 0 Å². The van der Waals surface area contributed by atoms with Gasteiger partial charge in [0, 0.05) is 39.0 Å². The normalized spacial score (nSPS) is 20.7. The summed E-state index contributed by atoms with van der Waals surface area (Å²) in [6.07, 6.45) is 5.95. The zero-order chi connectivity index (χ0) is 17.8. The molecule has 1 aromatic heterocycles. The van der Waals surface area contributed by atoms with E-state index in [-0.39, 0.29) is 0 Å². The SMILES string of the molecule is CN=C(NCc1nnc2n1CCCCC2)N1CCC(c2ccccc2)C1. The minimum atomic E-state index is 0.583. The van der Waals surface area contributed by atoms with Gasteiger partial charge in [0.05, 0.1) is 6.54 Å². The van der Waals surface area contributed by atoms with Crippen molar-refractivity contribution in [2.45, 2.75) is 51.1 Å². The van der Waals surface area contributed by atoms with Crippen LogP contribution < -0.4 is 5.32 Å². The van der Waals surface area contributed by atoms with Crippen molar-refractivity contribution in [1.82, 2.24) is 25.0 Å². The molecule has 6 heteroatoms. The first-order chi connectivity index (χ1) is 12.8. The van der Waals surface area contributed by atoms with E-state index in [4.69, 9.17) is 0 Å². The number of hydrogen-bond donors (Lipinski definition) is 1. The van der Waals surface area contributed by atoms with Crippen molar-refractivity contribution in [1.29, 1.82) is 0 Å². The second kappa shape index (κ2) is 7.89. The molecule has 3 heterocycles. The zero-order valence-electron chi connectivity index (χ0n) is 15.6. The second-order valence-electron chi connectivity index (χ2n) is 7.24. The van der Waals surface area contributed by atoms with Gasteiger partial charge in [-0.05, 0) is 24.8 Å². The Morgan fingerprint density at radius 2 is 2.04 bits per heavy atom. The fourth-order valence-corrected chi connectivity index (χ4v) is 4.12. The third-order valence-electron chi connectivity index (χ3n) is 5.56. The zero-order valence-corrected chi connectivity index (χ0v) is 15.6. The molecule has 2 aliphatic rings. The average Bonchev–Trinajstić information content (AvgIpc) is 3.25. The number of guanidine groups is 1. The quantitative estimate of drug-likeness (QED) is 0.681. The van der Waals surface area contributed by atoms with E-state index < -0.39 is 0 Å². The highest BCUT2D eigenvalue weighted by Crippen LogP contribution is 2.26. The summed E-state index contributed by atoms with van der Waals surface area (Å²) in [5, 5.41) is 12.3. The lowest BCUT2D eigenvalue weighted by molar-refractivity contribution is 0.481. The molecule has 6 nitrogen and oxygen atoms in total. The third kappa shape index (κ3) is 3.59. The molecule has 4 rings (SSSR count). The van der Waals surface area contributed by atoms with Crippen molar-refractivity contribution in [2.24, 2.45) is 4.99 Å². The first-order valence-electron chi connectivity index (χ1n) is 9.76. The fraction of sp³-hybridized carbons (Fsp3) is 0.550. The van der Waals surface area contributed by atoms with Crippen molar-refractivity contribution >= 4 is 5.96 Å². The van der Waals surface area contributed by atoms with Crippen LogP contribution in [0.15, 0.2) is 35.3 Å². The summed E-state index contributed by atoms with van der Waals surface area (Å²) < 4.78 is 2.30. The molecule has 1 saturated heterocycles. The Balaban J connectivity index is 1.38. The van der Waals surface area contributed by atoms with Crippen molar-refractivity contribution in [3.05, 3.63) is 47.5 Å². The number of rotatable bonds is 3. The van der Waals surface area contributed by atoms with Crippen LogP contribution in [0.2, 0.25) is 0 Å². The monoisotopic (exact) mass is 352 g/mol. The number of nitrogens with one attached hydrogen (secondary N) is 1. The van der Waals surface area contributed by atoms with Gasteiger partial charge < -0.3 is 14.8 Å². The third-order valence-corrected chi connectivity index (χ3v) is 5.56. The molecule has 1 unspecified atom stereocenters. The van der Waals surface area contributed by atoms with Gasteiger partial charge in [-0.2, -0.15) is 0 Å². The van der Waals surface area contributed by atoms with Gasteiger partial charge >= 0.3 is 0 Å². The Hall–Kier alpha value is -2.37. The van der Waals surface area contributed by atoms with Crippen LogP contribution in [0.1, 0.15) is 48.8 Å². The van der Waals surface area contributed by atoms with E-state index in [2.05, 4.69) is 60.3 Å². The van der Waals surface area contributed by atoms with Crippen LogP contribution in [0, 0.1) is 0 Å². The molecule has 2 aromatic rings. The number of likely N-dealkylation sites (tertiary alicyclic amines) is 1. The van der Waals surface area contributed by atoms with Crippen molar-refractivity contribution in [3.63, 3.8) is 0 Å². The largest absolute Gasteiger partial charge is 0.349 e. The molecule has 1 N–H and O–H groups in total. The van der Waals surface area contributed by atoms with Gasteiger partial charge in [0.1, 0.15) is 5.82 Å². The highest BCUT2D eigenvalue weighted by molar-refractivity contribution is 5.80. The first-order valence-corrected chi connectivity index (χ1v) is 9.76. The molecule has 0 bridgehead atoms. The molecule has 0 amide bonds. The van der Waals surface area contributed by atoms with Crippen molar-refractivity contribution in [2.75, 3.05) is 20.1 Å². The minimum absolute atomic E-state index is 0.583. The summed E-state index contributed by atoms with van der Waals surface area (Å²) >= 11 is 0. The summed E-state index contributed by atoms with van der Waals surface area (Å²) in [6, 6.07) is 10.8. The fourth-order valence-electron chi connectivity index (χ4n) is 4.12. The summed E-state index contributed by atoms with van der Waals surface area (Å²) in [5.41, 5.74) is 1.42.